The second kappa shape index (κ2) is 5.00. The van der Waals surface area contributed by atoms with Crippen molar-refractivity contribution in [3.63, 3.8) is 0 Å². The topological polar surface area (TPSA) is 70.7 Å². The van der Waals surface area contributed by atoms with E-state index < -0.39 is 5.41 Å². The van der Waals surface area contributed by atoms with Gasteiger partial charge < -0.3 is 5.32 Å². The van der Waals surface area contributed by atoms with Gasteiger partial charge >= 0.3 is 0 Å². The molecule has 0 saturated carbocycles. The van der Waals surface area contributed by atoms with E-state index in [4.69, 9.17) is 5.26 Å². The molecule has 5 nitrogen and oxygen atoms in total. The fraction of sp³-hybridized carbons (Fsp3) is 0.583. The minimum absolute atomic E-state index is 0.275. The molecule has 0 aliphatic heterocycles. The van der Waals surface area contributed by atoms with Crippen LogP contribution >= 0.6 is 0 Å². The third-order valence-corrected chi connectivity index (χ3v) is 3.21. The number of hydrogen-bond acceptors (Lipinski definition) is 3. The van der Waals surface area contributed by atoms with Gasteiger partial charge in [-0.05, 0) is 19.8 Å². The number of nitrogens with one attached hydrogen (secondary N) is 1. The van der Waals surface area contributed by atoms with Crippen molar-refractivity contribution in [2.45, 2.75) is 33.6 Å². The lowest BCUT2D eigenvalue weighted by molar-refractivity contribution is -0.123. The Balaban J connectivity index is 2.89. The Kier molecular flexibility index (Phi) is 3.89. The molecular formula is C12H18N4O. The Bertz CT molecular complexity index is 432. The van der Waals surface area contributed by atoms with Gasteiger partial charge in [0, 0.05) is 18.8 Å². The highest BCUT2D eigenvalue weighted by molar-refractivity contribution is 5.96. The van der Waals surface area contributed by atoms with Gasteiger partial charge in [-0.3, -0.25) is 9.48 Å². The number of hydrogen-bond donors (Lipinski definition) is 1. The number of aryl methyl sites for hydroxylation is 2. The summed E-state index contributed by atoms with van der Waals surface area (Å²) >= 11 is 0. The highest BCUT2D eigenvalue weighted by Gasteiger charge is 2.35. The smallest absolute Gasteiger partial charge is 0.246 e. The normalized spacial score (nSPS) is 11.0. The third kappa shape index (κ3) is 2.47. The van der Waals surface area contributed by atoms with Gasteiger partial charge in [0.05, 0.1) is 6.07 Å². The van der Waals surface area contributed by atoms with Gasteiger partial charge in [0.2, 0.25) is 5.91 Å². The SMILES string of the molecule is CCC(C#N)(CC)C(=O)Nc1cc(C)n(C)n1. The molecule has 0 unspecified atom stereocenters. The second-order valence-corrected chi connectivity index (χ2v) is 4.15. The molecule has 1 aromatic heterocycles. The summed E-state index contributed by atoms with van der Waals surface area (Å²) < 4.78 is 1.68. The molecule has 0 atom stereocenters. The summed E-state index contributed by atoms with van der Waals surface area (Å²) in [4.78, 5) is 12.1. The molecule has 0 radical (unpaired) electrons. The fourth-order valence-electron chi connectivity index (χ4n) is 1.64. The van der Waals surface area contributed by atoms with Crippen molar-refractivity contribution in [2.24, 2.45) is 12.5 Å². The van der Waals surface area contributed by atoms with Crippen molar-refractivity contribution >= 4 is 11.7 Å². The molecule has 17 heavy (non-hydrogen) atoms. The summed E-state index contributed by atoms with van der Waals surface area (Å²) in [5.41, 5.74) is 0.00154. The molecule has 1 N–H and O–H groups in total. The summed E-state index contributed by atoms with van der Waals surface area (Å²) in [5.74, 6) is 0.222. The van der Waals surface area contributed by atoms with Crippen LogP contribution in [0.3, 0.4) is 0 Å². The molecular weight excluding hydrogens is 216 g/mol. The summed E-state index contributed by atoms with van der Waals surface area (Å²) in [5, 5.41) is 16.0. The molecule has 0 bridgehead atoms. The summed E-state index contributed by atoms with van der Waals surface area (Å²) in [6, 6.07) is 3.89. The van der Waals surface area contributed by atoms with Crippen molar-refractivity contribution in [3.8, 4) is 6.07 Å². The van der Waals surface area contributed by atoms with Gasteiger partial charge in [0.1, 0.15) is 5.41 Å². The van der Waals surface area contributed by atoms with Crippen LogP contribution in [0.5, 0.6) is 0 Å². The van der Waals surface area contributed by atoms with E-state index in [-0.39, 0.29) is 5.91 Å². The minimum atomic E-state index is -0.953. The van der Waals surface area contributed by atoms with E-state index in [0.717, 1.165) is 5.69 Å². The van der Waals surface area contributed by atoms with Gasteiger partial charge in [0.15, 0.2) is 5.82 Å². The third-order valence-electron chi connectivity index (χ3n) is 3.21. The zero-order valence-corrected chi connectivity index (χ0v) is 10.7. The average molecular weight is 234 g/mol. The Morgan fingerprint density at radius 2 is 2.18 bits per heavy atom. The predicted molar refractivity (Wildman–Crippen MR) is 65.2 cm³/mol. The van der Waals surface area contributed by atoms with Crippen LogP contribution in [0.15, 0.2) is 6.07 Å². The first-order valence-electron chi connectivity index (χ1n) is 5.72. The number of nitriles is 1. The first-order valence-corrected chi connectivity index (χ1v) is 5.72. The molecule has 1 heterocycles. The summed E-state index contributed by atoms with van der Waals surface area (Å²) in [6.45, 7) is 5.59. The maximum absolute atomic E-state index is 12.1. The molecule has 1 amide bonds. The van der Waals surface area contributed by atoms with Gasteiger partial charge in [-0.1, -0.05) is 13.8 Å². The van der Waals surface area contributed by atoms with E-state index in [1.165, 1.54) is 0 Å². The lowest BCUT2D eigenvalue weighted by atomic mass is 9.83. The zero-order chi connectivity index (χ0) is 13.1. The second-order valence-electron chi connectivity index (χ2n) is 4.15. The van der Waals surface area contributed by atoms with E-state index in [2.05, 4.69) is 16.5 Å². The average Bonchev–Trinajstić information content (AvgIpc) is 2.61. The summed E-state index contributed by atoms with van der Waals surface area (Å²) in [6.07, 6.45) is 0.995. The Labute approximate surface area is 101 Å². The number of anilines is 1. The van der Waals surface area contributed by atoms with Crippen molar-refractivity contribution in [2.75, 3.05) is 5.32 Å². The minimum Gasteiger partial charge on any atom is -0.308 e. The van der Waals surface area contributed by atoms with Gasteiger partial charge in [-0.15, -0.1) is 0 Å². The maximum Gasteiger partial charge on any atom is 0.246 e. The number of carbonyl (C=O) groups is 1. The van der Waals surface area contributed by atoms with Crippen LogP contribution in [0.25, 0.3) is 0 Å². The monoisotopic (exact) mass is 234 g/mol. The quantitative estimate of drug-likeness (QED) is 0.866. The van der Waals surface area contributed by atoms with E-state index in [1.54, 1.807) is 10.7 Å². The van der Waals surface area contributed by atoms with Crippen LogP contribution in [0.2, 0.25) is 0 Å². The Morgan fingerprint density at radius 1 is 1.59 bits per heavy atom. The van der Waals surface area contributed by atoms with Crippen LogP contribution in [-0.2, 0) is 11.8 Å². The van der Waals surface area contributed by atoms with Crippen LogP contribution in [0.4, 0.5) is 5.82 Å². The van der Waals surface area contributed by atoms with Crippen molar-refractivity contribution in [3.05, 3.63) is 11.8 Å². The highest BCUT2D eigenvalue weighted by atomic mass is 16.2. The molecule has 0 aliphatic carbocycles. The van der Waals surface area contributed by atoms with E-state index >= 15 is 0 Å². The fourth-order valence-corrected chi connectivity index (χ4v) is 1.64. The number of amides is 1. The molecule has 0 saturated heterocycles. The first kappa shape index (κ1) is 13.2. The Hall–Kier alpha value is -1.83. The van der Waals surface area contributed by atoms with Crippen LogP contribution < -0.4 is 5.32 Å². The van der Waals surface area contributed by atoms with Crippen LogP contribution in [-0.4, -0.2) is 15.7 Å². The molecule has 0 fully saturated rings. The van der Waals surface area contributed by atoms with E-state index in [1.807, 2.05) is 27.8 Å². The molecule has 92 valence electrons. The van der Waals surface area contributed by atoms with Crippen molar-refractivity contribution in [1.29, 1.82) is 5.26 Å². The number of aromatic nitrogens is 2. The van der Waals surface area contributed by atoms with Gasteiger partial charge in [-0.2, -0.15) is 10.4 Å². The molecule has 0 spiro atoms. The summed E-state index contributed by atoms with van der Waals surface area (Å²) in [7, 11) is 1.81. The molecule has 0 aromatic carbocycles. The maximum atomic E-state index is 12.1. The number of carbonyl (C=O) groups excluding carboxylic acids is 1. The predicted octanol–water partition coefficient (Wildman–Crippen LogP) is 2.00. The zero-order valence-electron chi connectivity index (χ0n) is 10.7. The van der Waals surface area contributed by atoms with Crippen molar-refractivity contribution in [1.82, 2.24) is 9.78 Å². The van der Waals surface area contributed by atoms with Gasteiger partial charge in [-0.25, -0.2) is 0 Å². The number of rotatable bonds is 4. The lowest BCUT2D eigenvalue weighted by Gasteiger charge is -2.21. The van der Waals surface area contributed by atoms with Crippen molar-refractivity contribution < 1.29 is 4.79 Å². The molecule has 1 aromatic rings. The van der Waals surface area contributed by atoms with Gasteiger partial charge in [0.25, 0.3) is 0 Å². The largest absolute Gasteiger partial charge is 0.308 e. The highest BCUT2D eigenvalue weighted by Crippen LogP contribution is 2.27. The first-order chi connectivity index (χ1) is 7.99. The van der Waals surface area contributed by atoms with E-state index in [9.17, 15) is 4.79 Å². The Morgan fingerprint density at radius 3 is 2.53 bits per heavy atom. The van der Waals surface area contributed by atoms with E-state index in [0.29, 0.717) is 18.7 Å². The molecule has 5 heteroatoms. The van der Waals surface area contributed by atoms with Crippen LogP contribution in [0.1, 0.15) is 32.4 Å². The molecule has 0 aliphatic rings. The standard InChI is InChI=1S/C12H18N4O/c1-5-12(6-2,8-13)11(17)14-10-7-9(3)16(4)15-10/h7H,5-6H2,1-4H3,(H,14,15,17). The van der Waals surface area contributed by atoms with Crippen LogP contribution in [0, 0.1) is 23.7 Å². The lowest BCUT2D eigenvalue weighted by Crippen LogP contribution is -2.34. The number of nitrogens with zero attached hydrogens (tertiary/aromatic N) is 3. The molecule has 1 rings (SSSR count).